The fourth-order valence-corrected chi connectivity index (χ4v) is 2.89. The van der Waals surface area contributed by atoms with Gasteiger partial charge in [-0.2, -0.15) is 10.0 Å². The van der Waals surface area contributed by atoms with Crippen LogP contribution in [0.25, 0.3) is 28.0 Å². The number of pyridine rings is 1. The van der Waals surface area contributed by atoms with Crippen molar-refractivity contribution in [2.45, 2.75) is 6.54 Å². The molecule has 6 nitrogen and oxygen atoms in total. The van der Waals surface area contributed by atoms with Gasteiger partial charge in [-0.1, -0.05) is 5.18 Å². The summed E-state index contributed by atoms with van der Waals surface area (Å²) in [5, 5.41) is 7.46. The Kier molecular flexibility index (Phi) is 3.61. The minimum absolute atomic E-state index is 0.0580. The molecular formula is C18H14FN5O. The smallest absolute Gasteiger partial charge is 0.136 e. The van der Waals surface area contributed by atoms with Gasteiger partial charge in [-0.25, -0.2) is 9.37 Å². The van der Waals surface area contributed by atoms with Crippen LogP contribution in [0.5, 0.6) is 0 Å². The molecule has 3 heterocycles. The molecule has 4 aromatic rings. The first-order chi connectivity index (χ1) is 12.2. The Morgan fingerprint density at radius 3 is 2.60 bits per heavy atom. The highest BCUT2D eigenvalue weighted by atomic mass is 19.1. The van der Waals surface area contributed by atoms with Crippen LogP contribution in [0, 0.1) is 10.7 Å². The van der Waals surface area contributed by atoms with Crippen molar-refractivity contribution in [1.82, 2.24) is 19.2 Å². The van der Waals surface area contributed by atoms with Crippen molar-refractivity contribution in [1.29, 1.82) is 0 Å². The third-order valence-electron chi connectivity index (χ3n) is 4.07. The number of hydrogen-bond acceptors (Lipinski definition) is 4. The van der Waals surface area contributed by atoms with E-state index in [1.807, 2.05) is 36.0 Å². The van der Waals surface area contributed by atoms with Crippen molar-refractivity contribution in [3.05, 3.63) is 71.4 Å². The second-order valence-electron chi connectivity index (χ2n) is 5.75. The summed E-state index contributed by atoms with van der Waals surface area (Å²) in [6.07, 6.45) is 5.46. The van der Waals surface area contributed by atoms with Crippen LogP contribution in [0.3, 0.4) is 0 Å². The zero-order valence-corrected chi connectivity index (χ0v) is 13.4. The van der Waals surface area contributed by atoms with E-state index < -0.39 is 0 Å². The summed E-state index contributed by atoms with van der Waals surface area (Å²) >= 11 is 0. The van der Waals surface area contributed by atoms with Gasteiger partial charge in [0.2, 0.25) is 0 Å². The fourth-order valence-electron chi connectivity index (χ4n) is 2.89. The Labute approximate surface area is 142 Å². The molecule has 0 unspecified atom stereocenters. The molecule has 0 saturated heterocycles. The normalized spacial score (nSPS) is 11.1. The average Bonchev–Trinajstić information content (AvgIpc) is 3.19. The number of nitroso groups, excluding NO2 is 1. The number of hydrogen-bond donors (Lipinski definition) is 0. The molecule has 1 aromatic carbocycles. The van der Waals surface area contributed by atoms with Crippen LogP contribution in [0.4, 0.5) is 4.39 Å². The quantitative estimate of drug-likeness (QED) is 0.533. The number of rotatable bonds is 4. The highest BCUT2D eigenvalue weighted by Gasteiger charge is 2.14. The summed E-state index contributed by atoms with van der Waals surface area (Å²) in [6, 6.07) is 10.1. The maximum Gasteiger partial charge on any atom is 0.136 e. The Bertz CT molecular complexity index is 1060. The Hall–Kier alpha value is -3.35. The summed E-state index contributed by atoms with van der Waals surface area (Å²) in [7, 11) is 1.84. The van der Waals surface area contributed by atoms with Crippen LogP contribution >= 0.6 is 0 Å². The summed E-state index contributed by atoms with van der Waals surface area (Å²) < 4.78 is 16.8. The van der Waals surface area contributed by atoms with Gasteiger partial charge in [-0.05, 0) is 36.4 Å². The first-order valence-corrected chi connectivity index (χ1v) is 7.71. The van der Waals surface area contributed by atoms with Gasteiger partial charge in [0.05, 0.1) is 11.9 Å². The minimum Gasteiger partial charge on any atom is -0.301 e. The minimum atomic E-state index is -0.285. The van der Waals surface area contributed by atoms with Crippen molar-refractivity contribution in [2.75, 3.05) is 0 Å². The zero-order chi connectivity index (χ0) is 17.4. The molecule has 0 N–H and O–H groups in total. The van der Waals surface area contributed by atoms with Crippen molar-refractivity contribution in [2.24, 2.45) is 12.2 Å². The molecule has 0 fully saturated rings. The lowest BCUT2D eigenvalue weighted by Gasteiger charge is -2.05. The molecule has 0 spiro atoms. The third kappa shape index (κ3) is 2.69. The molecule has 0 radical (unpaired) electrons. The van der Waals surface area contributed by atoms with Crippen LogP contribution in [0.2, 0.25) is 0 Å². The van der Waals surface area contributed by atoms with Crippen molar-refractivity contribution >= 4 is 5.65 Å². The molecule has 124 valence electrons. The van der Waals surface area contributed by atoms with Gasteiger partial charge in [0.15, 0.2) is 0 Å². The van der Waals surface area contributed by atoms with Crippen LogP contribution in [-0.2, 0) is 13.6 Å². The number of aryl methyl sites for hydroxylation is 1. The lowest BCUT2D eigenvalue weighted by atomic mass is 10.0. The number of aromatic nitrogens is 4. The van der Waals surface area contributed by atoms with Gasteiger partial charge < -0.3 is 4.40 Å². The molecule has 3 aromatic heterocycles. The van der Waals surface area contributed by atoms with Gasteiger partial charge in [0.25, 0.3) is 0 Å². The van der Waals surface area contributed by atoms with E-state index in [9.17, 15) is 9.30 Å². The van der Waals surface area contributed by atoms with Crippen molar-refractivity contribution in [3.63, 3.8) is 0 Å². The second kappa shape index (κ2) is 5.94. The predicted octanol–water partition coefficient (Wildman–Crippen LogP) is 3.81. The van der Waals surface area contributed by atoms with E-state index in [0.717, 1.165) is 33.7 Å². The van der Waals surface area contributed by atoms with Crippen LogP contribution in [0.15, 0.2) is 60.2 Å². The Morgan fingerprint density at radius 1 is 1.08 bits per heavy atom. The lowest BCUT2D eigenvalue weighted by Crippen LogP contribution is -1.92. The molecule has 0 aliphatic rings. The highest BCUT2D eigenvalue weighted by Crippen LogP contribution is 2.31. The van der Waals surface area contributed by atoms with Crippen LogP contribution in [0.1, 0.15) is 5.69 Å². The van der Waals surface area contributed by atoms with Crippen molar-refractivity contribution < 1.29 is 4.39 Å². The largest absolute Gasteiger partial charge is 0.301 e. The number of fused-ring (bicyclic) bond motifs is 1. The number of nitrogens with zero attached hydrogens (tertiary/aromatic N) is 5. The van der Waals surface area contributed by atoms with Gasteiger partial charge in [-0.15, -0.1) is 0 Å². The number of halogens is 1. The van der Waals surface area contributed by atoms with E-state index in [4.69, 9.17) is 0 Å². The summed E-state index contributed by atoms with van der Waals surface area (Å²) in [6.45, 7) is 0.0580. The van der Waals surface area contributed by atoms with Gasteiger partial charge in [-0.3, -0.25) is 4.68 Å². The SMILES string of the molecule is Cn1cc(-c2ccc3ncc(CN=O)n3c2)c(-c2ccc(F)cc2)n1. The molecule has 0 aliphatic heterocycles. The fraction of sp³-hybridized carbons (Fsp3) is 0.111. The lowest BCUT2D eigenvalue weighted by molar-refractivity contribution is 0.628. The molecule has 25 heavy (non-hydrogen) atoms. The maximum absolute atomic E-state index is 13.2. The van der Waals surface area contributed by atoms with E-state index in [2.05, 4.69) is 15.3 Å². The first-order valence-electron chi connectivity index (χ1n) is 7.71. The van der Waals surface area contributed by atoms with Crippen LogP contribution < -0.4 is 0 Å². The monoisotopic (exact) mass is 335 g/mol. The first kappa shape index (κ1) is 15.2. The third-order valence-corrected chi connectivity index (χ3v) is 4.07. The Morgan fingerprint density at radius 2 is 1.84 bits per heavy atom. The standard InChI is InChI=1S/C18H14FN5O/c1-23-11-16(18(22-23)12-2-5-14(19)6-3-12)13-4-7-17-20-8-15(9-21-25)24(17)10-13/h2-8,10-11H,9H2,1H3. The molecule has 0 aliphatic carbocycles. The van der Waals surface area contributed by atoms with E-state index in [0.29, 0.717) is 0 Å². The van der Waals surface area contributed by atoms with Gasteiger partial charge in [0, 0.05) is 36.1 Å². The molecule has 0 saturated carbocycles. The second-order valence-corrected chi connectivity index (χ2v) is 5.75. The molecule has 0 amide bonds. The Balaban J connectivity index is 1.87. The van der Waals surface area contributed by atoms with E-state index in [-0.39, 0.29) is 12.4 Å². The molecule has 0 bridgehead atoms. The summed E-state index contributed by atoms with van der Waals surface area (Å²) in [5.41, 5.74) is 4.89. The van der Waals surface area contributed by atoms with Crippen molar-refractivity contribution in [3.8, 4) is 22.4 Å². The van der Waals surface area contributed by atoms with E-state index >= 15 is 0 Å². The molecular weight excluding hydrogens is 321 g/mol. The van der Waals surface area contributed by atoms with E-state index in [1.165, 1.54) is 12.1 Å². The molecule has 0 atom stereocenters. The molecule has 4 rings (SSSR count). The van der Waals surface area contributed by atoms with E-state index in [1.54, 1.807) is 23.0 Å². The number of imidazole rings is 1. The summed E-state index contributed by atoms with van der Waals surface area (Å²) in [5.74, 6) is -0.285. The maximum atomic E-state index is 13.2. The van der Waals surface area contributed by atoms with Crippen LogP contribution in [-0.4, -0.2) is 19.2 Å². The average molecular weight is 335 g/mol. The topological polar surface area (TPSA) is 64.5 Å². The van der Waals surface area contributed by atoms with Gasteiger partial charge in [0.1, 0.15) is 23.7 Å². The van der Waals surface area contributed by atoms with Gasteiger partial charge >= 0.3 is 0 Å². The zero-order valence-electron chi connectivity index (χ0n) is 13.4. The molecule has 7 heteroatoms. The number of benzene rings is 1. The predicted molar refractivity (Wildman–Crippen MR) is 92.3 cm³/mol. The summed E-state index contributed by atoms with van der Waals surface area (Å²) in [4.78, 5) is 14.9. The highest BCUT2D eigenvalue weighted by molar-refractivity contribution is 5.80.